The molecule has 0 aromatic heterocycles. The van der Waals surface area contributed by atoms with Crippen LogP contribution in [0.3, 0.4) is 0 Å². The minimum absolute atomic E-state index is 0.0374. The molecule has 0 aliphatic rings. The van der Waals surface area contributed by atoms with Gasteiger partial charge in [-0.05, 0) is 32.0 Å². The topological polar surface area (TPSA) is 55.4 Å². The molecule has 0 radical (unpaired) electrons. The van der Waals surface area contributed by atoms with Crippen molar-refractivity contribution in [3.05, 3.63) is 28.5 Å². The lowest BCUT2D eigenvalue weighted by atomic mass is 10.3. The highest BCUT2D eigenvalue weighted by Crippen LogP contribution is 2.20. The maximum absolute atomic E-state index is 13.4. The van der Waals surface area contributed by atoms with Crippen molar-refractivity contribution in [2.45, 2.75) is 20.0 Å². The van der Waals surface area contributed by atoms with Gasteiger partial charge in [-0.1, -0.05) is 15.9 Å². The standard InChI is InChI=1S/C11H15BrFNO3S/c1-8(2)17-5-6-18(15,16)14-11-4-3-9(12)7-10(11)13/h3-4,7-8,14H,5-6H2,1-2H3. The molecule has 1 rings (SSSR count). The van der Waals surface area contributed by atoms with E-state index >= 15 is 0 Å². The Hall–Kier alpha value is -0.660. The number of halogens is 2. The summed E-state index contributed by atoms with van der Waals surface area (Å²) >= 11 is 3.10. The number of hydrogen-bond acceptors (Lipinski definition) is 3. The Kier molecular flexibility index (Phi) is 5.55. The van der Waals surface area contributed by atoms with Crippen molar-refractivity contribution in [3.8, 4) is 0 Å². The Morgan fingerprint density at radius 3 is 2.67 bits per heavy atom. The fourth-order valence-electron chi connectivity index (χ4n) is 1.18. The molecule has 0 amide bonds. The summed E-state index contributed by atoms with van der Waals surface area (Å²) in [6.07, 6.45) is -0.0374. The van der Waals surface area contributed by atoms with Crippen molar-refractivity contribution in [1.82, 2.24) is 0 Å². The second kappa shape index (κ2) is 6.49. The monoisotopic (exact) mass is 339 g/mol. The van der Waals surface area contributed by atoms with E-state index in [0.29, 0.717) is 4.47 Å². The van der Waals surface area contributed by atoms with E-state index in [9.17, 15) is 12.8 Å². The van der Waals surface area contributed by atoms with Crippen LogP contribution < -0.4 is 4.72 Å². The Labute approximate surface area is 115 Å². The Morgan fingerprint density at radius 1 is 1.44 bits per heavy atom. The van der Waals surface area contributed by atoms with Crippen LogP contribution in [0.5, 0.6) is 0 Å². The summed E-state index contributed by atoms with van der Waals surface area (Å²) in [6, 6.07) is 4.12. The summed E-state index contributed by atoms with van der Waals surface area (Å²) < 4.78 is 44.6. The van der Waals surface area contributed by atoms with Crippen LogP contribution >= 0.6 is 15.9 Å². The summed E-state index contributed by atoms with van der Waals surface area (Å²) in [5.41, 5.74) is -0.0669. The van der Waals surface area contributed by atoms with Crippen LogP contribution in [0.25, 0.3) is 0 Å². The number of nitrogens with one attached hydrogen (secondary N) is 1. The van der Waals surface area contributed by atoms with Gasteiger partial charge in [-0.15, -0.1) is 0 Å². The highest BCUT2D eigenvalue weighted by molar-refractivity contribution is 9.10. The quantitative estimate of drug-likeness (QED) is 0.866. The summed E-state index contributed by atoms with van der Waals surface area (Å²) in [7, 11) is -3.60. The van der Waals surface area contributed by atoms with Gasteiger partial charge < -0.3 is 4.74 Å². The predicted octanol–water partition coefficient (Wildman–Crippen LogP) is 2.75. The smallest absolute Gasteiger partial charge is 0.235 e. The van der Waals surface area contributed by atoms with E-state index < -0.39 is 15.8 Å². The lowest BCUT2D eigenvalue weighted by Gasteiger charge is -2.10. The minimum Gasteiger partial charge on any atom is -0.378 e. The van der Waals surface area contributed by atoms with Gasteiger partial charge in [0.15, 0.2) is 0 Å². The minimum atomic E-state index is -3.60. The lowest BCUT2D eigenvalue weighted by Crippen LogP contribution is -2.22. The van der Waals surface area contributed by atoms with E-state index in [-0.39, 0.29) is 24.2 Å². The summed E-state index contributed by atoms with van der Waals surface area (Å²) in [6.45, 7) is 3.70. The summed E-state index contributed by atoms with van der Waals surface area (Å²) in [5, 5.41) is 0. The number of hydrogen-bond donors (Lipinski definition) is 1. The fraction of sp³-hybridized carbons (Fsp3) is 0.455. The number of ether oxygens (including phenoxy) is 1. The van der Waals surface area contributed by atoms with E-state index in [2.05, 4.69) is 20.7 Å². The zero-order valence-electron chi connectivity index (χ0n) is 10.1. The molecule has 0 fully saturated rings. The average Bonchev–Trinajstić information content (AvgIpc) is 2.21. The Morgan fingerprint density at radius 2 is 2.11 bits per heavy atom. The van der Waals surface area contributed by atoms with E-state index in [1.807, 2.05) is 13.8 Å². The number of benzene rings is 1. The van der Waals surface area contributed by atoms with Crippen LogP contribution in [-0.4, -0.2) is 26.9 Å². The first-order valence-corrected chi connectivity index (χ1v) is 7.82. The molecule has 0 unspecified atom stereocenters. The van der Waals surface area contributed by atoms with Crippen LogP contribution in [0.4, 0.5) is 10.1 Å². The molecule has 1 aromatic rings. The molecule has 1 N–H and O–H groups in total. The highest BCUT2D eigenvalue weighted by Gasteiger charge is 2.13. The SMILES string of the molecule is CC(C)OCCS(=O)(=O)Nc1ccc(Br)cc1F. The lowest BCUT2D eigenvalue weighted by molar-refractivity contribution is 0.0913. The second-order valence-electron chi connectivity index (χ2n) is 3.96. The van der Waals surface area contributed by atoms with Gasteiger partial charge in [0.1, 0.15) is 5.82 Å². The zero-order chi connectivity index (χ0) is 13.8. The first kappa shape index (κ1) is 15.4. The van der Waals surface area contributed by atoms with E-state index in [0.717, 1.165) is 0 Å². The molecule has 18 heavy (non-hydrogen) atoms. The molecule has 0 saturated heterocycles. The third kappa shape index (κ3) is 5.32. The zero-order valence-corrected chi connectivity index (χ0v) is 12.5. The maximum atomic E-state index is 13.4. The van der Waals surface area contributed by atoms with Crippen LogP contribution in [0.2, 0.25) is 0 Å². The Bertz CT molecular complexity index is 505. The van der Waals surface area contributed by atoms with Crippen LogP contribution in [-0.2, 0) is 14.8 Å². The Balaban J connectivity index is 2.65. The highest BCUT2D eigenvalue weighted by atomic mass is 79.9. The summed E-state index contributed by atoms with van der Waals surface area (Å²) in [4.78, 5) is 0. The van der Waals surface area contributed by atoms with E-state index in [1.54, 1.807) is 6.07 Å². The molecule has 0 aliphatic carbocycles. The molecule has 0 aliphatic heterocycles. The molecule has 102 valence electrons. The number of anilines is 1. The fourth-order valence-corrected chi connectivity index (χ4v) is 2.44. The van der Waals surface area contributed by atoms with E-state index in [4.69, 9.17) is 4.74 Å². The van der Waals surface area contributed by atoms with Crippen molar-refractivity contribution < 1.29 is 17.5 Å². The normalized spacial score (nSPS) is 11.8. The molecule has 0 heterocycles. The molecule has 0 spiro atoms. The molecular formula is C11H15BrFNO3S. The van der Waals surface area contributed by atoms with Crippen LogP contribution in [0.1, 0.15) is 13.8 Å². The van der Waals surface area contributed by atoms with Crippen molar-refractivity contribution in [1.29, 1.82) is 0 Å². The van der Waals surface area contributed by atoms with E-state index in [1.165, 1.54) is 12.1 Å². The maximum Gasteiger partial charge on any atom is 0.235 e. The van der Waals surface area contributed by atoms with Gasteiger partial charge in [-0.25, -0.2) is 12.8 Å². The first-order chi connectivity index (χ1) is 8.30. The van der Waals surface area contributed by atoms with Gasteiger partial charge in [0, 0.05) is 4.47 Å². The van der Waals surface area contributed by atoms with Gasteiger partial charge >= 0.3 is 0 Å². The second-order valence-corrected chi connectivity index (χ2v) is 6.72. The molecule has 0 atom stereocenters. The van der Waals surface area contributed by atoms with Gasteiger partial charge in [-0.3, -0.25) is 4.72 Å². The third-order valence-electron chi connectivity index (χ3n) is 2.00. The van der Waals surface area contributed by atoms with Crippen molar-refractivity contribution >= 4 is 31.6 Å². The molecule has 7 heteroatoms. The number of sulfonamides is 1. The van der Waals surface area contributed by atoms with Crippen molar-refractivity contribution in [2.24, 2.45) is 0 Å². The van der Waals surface area contributed by atoms with Gasteiger partial charge in [0.05, 0.1) is 24.2 Å². The predicted molar refractivity (Wildman–Crippen MR) is 72.6 cm³/mol. The molecule has 0 saturated carbocycles. The molecule has 0 bridgehead atoms. The largest absolute Gasteiger partial charge is 0.378 e. The van der Waals surface area contributed by atoms with Crippen molar-refractivity contribution in [3.63, 3.8) is 0 Å². The first-order valence-electron chi connectivity index (χ1n) is 5.37. The van der Waals surface area contributed by atoms with Crippen LogP contribution in [0.15, 0.2) is 22.7 Å². The van der Waals surface area contributed by atoms with Gasteiger partial charge in [0.25, 0.3) is 0 Å². The molecule has 4 nitrogen and oxygen atoms in total. The molecule has 1 aromatic carbocycles. The van der Waals surface area contributed by atoms with Gasteiger partial charge in [0.2, 0.25) is 10.0 Å². The third-order valence-corrected chi connectivity index (χ3v) is 3.73. The summed E-state index contributed by atoms with van der Waals surface area (Å²) in [5.74, 6) is -0.835. The van der Waals surface area contributed by atoms with Crippen molar-refractivity contribution in [2.75, 3.05) is 17.1 Å². The van der Waals surface area contributed by atoms with Gasteiger partial charge in [-0.2, -0.15) is 0 Å². The number of rotatable bonds is 6. The average molecular weight is 340 g/mol. The van der Waals surface area contributed by atoms with Crippen LogP contribution in [0, 0.1) is 5.82 Å². The molecular weight excluding hydrogens is 325 g/mol.